The van der Waals surface area contributed by atoms with Gasteiger partial charge in [-0.3, -0.25) is 5.43 Å². The standard InChI is InChI=1S/C21H26N4O4S2/c1-14-5-9-17(31(26,27)25(3)4)12-18(14)22-21(30)24-23-15(2)6-7-16-8-10-19-20(11-16)29-13-28-19/h5,8-12H,6-7,13H2,1-4H3,(H2,22,24,30)/b23-15+. The van der Waals surface area contributed by atoms with Crippen LogP contribution in [0.2, 0.25) is 0 Å². The zero-order valence-corrected chi connectivity index (χ0v) is 19.6. The molecule has 2 aromatic carbocycles. The normalized spacial score (nSPS) is 13.4. The molecular formula is C21H26N4O4S2. The molecule has 0 aromatic heterocycles. The van der Waals surface area contributed by atoms with Gasteiger partial charge in [-0.15, -0.1) is 0 Å². The topological polar surface area (TPSA) is 92.3 Å². The Hall–Kier alpha value is -2.69. The number of anilines is 1. The Labute approximate surface area is 188 Å². The lowest BCUT2D eigenvalue weighted by Crippen LogP contribution is -2.26. The van der Waals surface area contributed by atoms with Crippen LogP contribution in [0, 0.1) is 6.92 Å². The van der Waals surface area contributed by atoms with Gasteiger partial charge in [-0.1, -0.05) is 12.1 Å². The second-order valence-corrected chi connectivity index (χ2v) is 9.92. The summed E-state index contributed by atoms with van der Waals surface area (Å²) in [4.78, 5) is 0.191. The number of hydrazone groups is 1. The maximum atomic E-state index is 12.4. The second-order valence-electron chi connectivity index (χ2n) is 7.36. The quantitative estimate of drug-likeness (QED) is 0.371. The molecule has 0 saturated heterocycles. The van der Waals surface area contributed by atoms with Gasteiger partial charge < -0.3 is 14.8 Å². The number of benzene rings is 2. The maximum Gasteiger partial charge on any atom is 0.242 e. The van der Waals surface area contributed by atoms with Gasteiger partial charge in [0.25, 0.3) is 0 Å². The predicted octanol–water partition coefficient (Wildman–Crippen LogP) is 3.27. The Kier molecular flexibility index (Phi) is 7.14. The van der Waals surface area contributed by atoms with Crippen LogP contribution in [0.15, 0.2) is 46.4 Å². The fraction of sp³-hybridized carbons (Fsp3) is 0.333. The van der Waals surface area contributed by atoms with Crippen molar-refractivity contribution in [3.8, 4) is 11.5 Å². The molecule has 0 bridgehead atoms. The van der Waals surface area contributed by atoms with Crippen LogP contribution < -0.4 is 20.2 Å². The number of nitrogens with zero attached hydrogens (tertiary/aromatic N) is 2. The van der Waals surface area contributed by atoms with Crippen molar-refractivity contribution in [2.75, 3.05) is 26.2 Å². The summed E-state index contributed by atoms with van der Waals surface area (Å²) in [6, 6.07) is 10.8. The summed E-state index contributed by atoms with van der Waals surface area (Å²) < 4.78 is 36.6. The molecule has 2 aromatic rings. The molecule has 0 atom stereocenters. The van der Waals surface area contributed by atoms with Gasteiger partial charge >= 0.3 is 0 Å². The van der Waals surface area contributed by atoms with E-state index in [0.29, 0.717) is 5.69 Å². The Morgan fingerprint density at radius 1 is 1.16 bits per heavy atom. The van der Waals surface area contributed by atoms with Gasteiger partial charge in [-0.25, -0.2) is 12.7 Å². The van der Waals surface area contributed by atoms with E-state index in [9.17, 15) is 8.42 Å². The van der Waals surface area contributed by atoms with Crippen LogP contribution in [-0.2, 0) is 16.4 Å². The van der Waals surface area contributed by atoms with Crippen molar-refractivity contribution in [1.82, 2.24) is 9.73 Å². The third-order valence-corrected chi connectivity index (χ3v) is 6.80. The largest absolute Gasteiger partial charge is 0.454 e. The summed E-state index contributed by atoms with van der Waals surface area (Å²) in [6.07, 6.45) is 1.54. The lowest BCUT2D eigenvalue weighted by Gasteiger charge is -2.15. The van der Waals surface area contributed by atoms with Gasteiger partial charge in [0.05, 0.1) is 4.90 Å². The van der Waals surface area contributed by atoms with Gasteiger partial charge in [-0.2, -0.15) is 5.10 Å². The van der Waals surface area contributed by atoms with E-state index >= 15 is 0 Å². The maximum absolute atomic E-state index is 12.4. The summed E-state index contributed by atoms with van der Waals surface area (Å²) in [6.45, 7) is 4.05. The summed E-state index contributed by atoms with van der Waals surface area (Å²) in [5, 5.41) is 7.62. The first kappa shape index (κ1) is 23.0. The molecule has 0 aliphatic carbocycles. The molecule has 1 aliphatic heterocycles. The molecule has 2 N–H and O–H groups in total. The smallest absolute Gasteiger partial charge is 0.242 e. The fourth-order valence-corrected chi connectivity index (χ4v) is 3.97. The van der Waals surface area contributed by atoms with Gasteiger partial charge in [0.15, 0.2) is 16.6 Å². The zero-order chi connectivity index (χ0) is 22.6. The van der Waals surface area contributed by atoms with Crippen LogP contribution in [0.3, 0.4) is 0 Å². The minimum Gasteiger partial charge on any atom is -0.454 e. The molecule has 1 heterocycles. The third-order valence-electron chi connectivity index (χ3n) is 4.80. The monoisotopic (exact) mass is 462 g/mol. The van der Waals surface area contributed by atoms with E-state index in [0.717, 1.165) is 41.2 Å². The molecule has 0 saturated carbocycles. The molecule has 0 unspecified atom stereocenters. The predicted molar refractivity (Wildman–Crippen MR) is 125 cm³/mol. The lowest BCUT2D eigenvalue weighted by atomic mass is 10.1. The Morgan fingerprint density at radius 3 is 2.65 bits per heavy atom. The van der Waals surface area contributed by atoms with E-state index in [1.54, 1.807) is 18.2 Å². The van der Waals surface area contributed by atoms with Crippen LogP contribution in [0.4, 0.5) is 5.69 Å². The molecular weight excluding hydrogens is 436 g/mol. The average molecular weight is 463 g/mol. The van der Waals surface area contributed by atoms with Crippen molar-refractivity contribution in [3.63, 3.8) is 0 Å². The number of fused-ring (bicyclic) bond motifs is 1. The average Bonchev–Trinajstić information content (AvgIpc) is 3.20. The molecule has 0 radical (unpaired) electrons. The second kappa shape index (κ2) is 9.63. The van der Waals surface area contributed by atoms with E-state index in [-0.39, 0.29) is 16.8 Å². The van der Waals surface area contributed by atoms with Gasteiger partial charge in [0.2, 0.25) is 16.8 Å². The van der Waals surface area contributed by atoms with Crippen LogP contribution in [0.5, 0.6) is 11.5 Å². The van der Waals surface area contributed by atoms with Crippen molar-refractivity contribution in [2.24, 2.45) is 5.10 Å². The van der Waals surface area contributed by atoms with Crippen LogP contribution in [0.1, 0.15) is 24.5 Å². The van der Waals surface area contributed by atoms with Crippen molar-refractivity contribution < 1.29 is 17.9 Å². The number of thiocarbonyl (C=S) groups is 1. The molecule has 31 heavy (non-hydrogen) atoms. The number of aryl methyl sites for hydroxylation is 2. The highest BCUT2D eigenvalue weighted by molar-refractivity contribution is 7.89. The molecule has 0 spiro atoms. The minimum atomic E-state index is -3.53. The lowest BCUT2D eigenvalue weighted by molar-refractivity contribution is 0.174. The highest BCUT2D eigenvalue weighted by atomic mass is 32.2. The first-order chi connectivity index (χ1) is 14.7. The van der Waals surface area contributed by atoms with E-state index < -0.39 is 10.0 Å². The Balaban J connectivity index is 1.57. The highest BCUT2D eigenvalue weighted by Gasteiger charge is 2.18. The summed E-state index contributed by atoms with van der Waals surface area (Å²) >= 11 is 5.31. The van der Waals surface area contributed by atoms with E-state index in [4.69, 9.17) is 21.7 Å². The molecule has 0 amide bonds. The highest BCUT2D eigenvalue weighted by Crippen LogP contribution is 2.32. The van der Waals surface area contributed by atoms with Gasteiger partial charge in [0, 0.05) is 25.5 Å². The summed E-state index contributed by atoms with van der Waals surface area (Å²) in [5.41, 5.74) is 6.30. The molecule has 3 rings (SSSR count). The van der Waals surface area contributed by atoms with Crippen molar-refractivity contribution in [1.29, 1.82) is 0 Å². The SMILES string of the molecule is C/C(CCc1ccc2c(c1)OCO2)=N\NC(=S)Nc1cc(S(=O)(=O)N(C)C)ccc1C. The number of hydrogen-bond donors (Lipinski definition) is 2. The Morgan fingerprint density at radius 2 is 1.90 bits per heavy atom. The number of hydrogen-bond acceptors (Lipinski definition) is 6. The van der Waals surface area contributed by atoms with E-state index in [1.165, 1.54) is 18.4 Å². The number of rotatable bonds is 7. The van der Waals surface area contributed by atoms with E-state index in [2.05, 4.69) is 15.8 Å². The van der Waals surface area contributed by atoms with E-state index in [1.807, 2.05) is 32.0 Å². The van der Waals surface area contributed by atoms with Gasteiger partial charge in [-0.05, 0) is 74.3 Å². The number of nitrogens with one attached hydrogen (secondary N) is 2. The minimum absolute atomic E-state index is 0.191. The molecule has 8 nitrogen and oxygen atoms in total. The zero-order valence-electron chi connectivity index (χ0n) is 17.9. The number of sulfonamides is 1. The summed E-state index contributed by atoms with van der Waals surface area (Å²) in [5.74, 6) is 1.54. The molecule has 0 fully saturated rings. The molecule has 1 aliphatic rings. The first-order valence-electron chi connectivity index (χ1n) is 9.68. The van der Waals surface area contributed by atoms with Crippen molar-refractivity contribution >= 4 is 38.8 Å². The van der Waals surface area contributed by atoms with Crippen molar-refractivity contribution in [2.45, 2.75) is 31.6 Å². The number of ether oxygens (including phenoxy) is 2. The Bertz CT molecular complexity index is 1110. The fourth-order valence-electron chi connectivity index (χ4n) is 2.88. The van der Waals surface area contributed by atoms with Crippen LogP contribution in [0.25, 0.3) is 0 Å². The molecule has 10 heteroatoms. The van der Waals surface area contributed by atoms with Crippen LogP contribution in [-0.4, -0.2) is 44.4 Å². The molecule has 166 valence electrons. The van der Waals surface area contributed by atoms with Crippen molar-refractivity contribution in [3.05, 3.63) is 47.5 Å². The third kappa shape index (κ3) is 5.72. The summed E-state index contributed by atoms with van der Waals surface area (Å²) in [7, 11) is -0.539. The van der Waals surface area contributed by atoms with Crippen LogP contribution >= 0.6 is 12.2 Å². The first-order valence-corrected chi connectivity index (χ1v) is 11.5. The van der Waals surface area contributed by atoms with Gasteiger partial charge in [0.1, 0.15) is 0 Å².